The molecule has 0 spiro atoms. The molecule has 1 aromatic carbocycles. The van der Waals surface area contributed by atoms with E-state index in [1.165, 1.54) is 6.92 Å². The van der Waals surface area contributed by atoms with Gasteiger partial charge in [-0.3, -0.25) is 10.5 Å². The summed E-state index contributed by atoms with van der Waals surface area (Å²) < 4.78 is 5.38. The van der Waals surface area contributed by atoms with E-state index in [1.807, 2.05) is 25.1 Å². The quantitative estimate of drug-likeness (QED) is 0.722. The molecule has 0 fully saturated rings. The van der Waals surface area contributed by atoms with Crippen LogP contribution in [0.3, 0.4) is 0 Å². The molecular formula is C11H16N2O2. The maximum Gasteiger partial charge on any atom is 0.279 e. The van der Waals surface area contributed by atoms with Crippen molar-refractivity contribution in [3.8, 4) is 5.75 Å². The Morgan fingerprint density at radius 2 is 2.07 bits per heavy atom. The summed E-state index contributed by atoms with van der Waals surface area (Å²) in [4.78, 5) is 11.5. The molecule has 0 saturated carbocycles. The van der Waals surface area contributed by atoms with Crippen molar-refractivity contribution in [1.29, 1.82) is 0 Å². The fourth-order valence-electron chi connectivity index (χ4n) is 1.12. The second kappa shape index (κ2) is 4.79. The molecule has 0 aliphatic heterocycles. The van der Waals surface area contributed by atoms with E-state index >= 15 is 0 Å². The third kappa shape index (κ3) is 3.25. The zero-order chi connectivity index (χ0) is 11.3. The Hall–Kier alpha value is -1.55. The first-order valence-electron chi connectivity index (χ1n) is 4.87. The number of benzene rings is 1. The van der Waals surface area contributed by atoms with Gasteiger partial charge in [-0.15, -0.1) is 0 Å². The Labute approximate surface area is 89.4 Å². The number of hydrogen-bond acceptors (Lipinski definition) is 3. The van der Waals surface area contributed by atoms with E-state index in [-0.39, 0.29) is 5.91 Å². The van der Waals surface area contributed by atoms with Gasteiger partial charge in [0, 0.05) is 6.54 Å². The van der Waals surface area contributed by atoms with Gasteiger partial charge in [0.2, 0.25) is 5.72 Å². The van der Waals surface area contributed by atoms with Crippen molar-refractivity contribution in [3.63, 3.8) is 0 Å². The van der Waals surface area contributed by atoms with Gasteiger partial charge in [0.15, 0.2) is 0 Å². The minimum atomic E-state index is -1.34. The van der Waals surface area contributed by atoms with E-state index in [0.717, 1.165) is 0 Å². The summed E-state index contributed by atoms with van der Waals surface area (Å²) in [5.74, 6) is 0.252. The molecule has 4 nitrogen and oxygen atoms in total. The second-order valence-corrected chi connectivity index (χ2v) is 3.38. The highest BCUT2D eigenvalue weighted by atomic mass is 16.5. The van der Waals surface area contributed by atoms with Gasteiger partial charge in [-0.2, -0.15) is 0 Å². The van der Waals surface area contributed by atoms with Gasteiger partial charge in [0.05, 0.1) is 0 Å². The van der Waals surface area contributed by atoms with Crippen LogP contribution in [0.25, 0.3) is 0 Å². The highest BCUT2D eigenvalue weighted by molar-refractivity contribution is 5.84. The van der Waals surface area contributed by atoms with E-state index in [2.05, 4.69) is 5.32 Å². The van der Waals surface area contributed by atoms with Gasteiger partial charge in [-0.25, -0.2) is 0 Å². The largest absolute Gasteiger partial charge is 0.464 e. The second-order valence-electron chi connectivity index (χ2n) is 3.38. The molecule has 1 unspecified atom stereocenters. The van der Waals surface area contributed by atoms with Crippen LogP contribution in [0.2, 0.25) is 0 Å². The topological polar surface area (TPSA) is 64.4 Å². The molecule has 0 aliphatic rings. The number of nitrogens with two attached hydrogens (primary N) is 1. The van der Waals surface area contributed by atoms with Gasteiger partial charge < -0.3 is 10.1 Å². The number of para-hydroxylation sites is 1. The zero-order valence-corrected chi connectivity index (χ0v) is 8.99. The van der Waals surface area contributed by atoms with Crippen LogP contribution in [0.5, 0.6) is 5.75 Å². The number of carbonyl (C=O) groups excluding carboxylic acids is 1. The third-order valence-electron chi connectivity index (χ3n) is 1.86. The van der Waals surface area contributed by atoms with E-state index in [1.54, 1.807) is 12.1 Å². The molecule has 0 heterocycles. The highest BCUT2D eigenvalue weighted by Crippen LogP contribution is 2.14. The predicted molar refractivity (Wildman–Crippen MR) is 58.3 cm³/mol. The SMILES string of the molecule is CCNC(=O)C(C)(N)Oc1ccccc1. The highest BCUT2D eigenvalue weighted by Gasteiger charge is 2.29. The number of amides is 1. The maximum absolute atomic E-state index is 11.5. The van der Waals surface area contributed by atoms with Crippen LogP contribution in [0.1, 0.15) is 13.8 Å². The minimum absolute atomic E-state index is 0.325. The minimum Gasteiger partial charge on any atom is -0.464 e. The lowest BCUT2D eigenvalue weighted by Gasteiger charge is -2.24. The monoisotopic (exact) mass is 208 g/mol. The summed E-state index contributed by atoms with van der Waals surface area (Å²) in [6.45, 7) is 3.89. The third-order valence-corrected chi connectivity index (χ3v) is 1.86. The first kappa shape index (κ1) is 11.5. The number of hydrogen-bond donors (Lipinski definition) is 2. The lowest BCUT2D eigenvalue weighted by molar-refractivity contribution is -0.135. The number of ether oxygens (including phenoxy) is 1. The zero-order valence-electron chi connectivity index (χ0n) is 8.99. The predicted octanol–water partition coefficient (Wildman–Crippen LogP) is 0.876. The molecular weight excluding hydrogens is 192 g/mol. The number of nitrogens with one attached hydrogen (secondary N) is 1. The van der Waals surface area contributed by atoms with Gasteiger partial charge in [-0.1, -0.05) is 18.2 Å². The summed E-state index contributed by atoms with van der Waals surface area (Å²) in [6, 6.07) is 9.02. The average Bonchev–Trinajstić information content (AvgIpc) is 2.19. The Morgan fingerprint density at radius 1 is 1.47 bits per heavy atom. The smallest absolute Gasteiger partial charge is 0.279 e. The number of likely N-dealkylation sites (N-methyl/N-ethyl adjacent to an activating group) is 1. The molecule has 4 heteroatoms. The molecule has 15 heavy (non-hydrogen) atoms. The van der Waals surface area contributed by atoms with Gasteiger partial charge in [0.25, 0.3) is 5.91 Å². The fraction of sp³-hybridized carbons (Fsp3) is 0.364. The molecule has 82 valence electrons. The molecule has 1 amide bonds. The van der Waals surface area contributed by atoms with Gasteiger partial charge >= 0.3 is 0 Å². The number of rotatable bonds is 4. The van der Waals surface area contributed by atoms with Crippen molar-refractivity contribution in [3.05, 3.63) is 30.3 Å². The molecule has 0 aliphatic carbocycles. The van der Waals surface area contributed by atoms with Crippen LogP contribution < -0.4 is 15.8 Å². The van der Waals surface area contributed by atoms with Gasteiger partial charge in [0.1, 0.15) is 5.75 Å². The normalized spacial score (nSPS) is 14.1. The first-order valence-corrected chi connectivity index (χ1v) is 4.87. The first-order chi connectivity index (χ1) is 7.06. The van der Waals surface area contributed by atoms with Crippen LogP contribution in [-0.4, -0.2) is 18.2 Å². The van der Waals surface area contributed by atoms with Gasteiger partial charge in [-0.05, 0) is 26.0 Å². The van der Waals surface area contributed by atoms with Crippen molar-refractivity contribution in [2.75, 3.05) is 6.54 Å². The summed E-state index contributed by atoms with van der Waals surface area (Å²) in [6.07, 6.45) is 0. The summed E-state index contributed by atoms with van der Waals surface area (Å²) in [5.41, 5.74) is 4.41. The molecule has 1 rings (SSSR count). The van der Waals surface area contributed by atoms with E-state index in [0.29, 0.717) is 12.3 Å². The summed E-state index contributed by atoms with van der Waals surface area (Å²) >= 11 is 0. The Balaban J connectivity index is 2.68. The van der Waals surface area contributed by atoms with E-state index in [4.69, 9.17) is 10.5 Å². The average molecular weight is 208 g/mol. The van der Waals surface area contributed by atoms with Crippen LogP contribution in [-0.2, 0) is 4.79 Å². The summed E-state index contributed by atoms with van der Waals surface area (Å²) in [5, 5.41) is 2.62. The standard InChI is InChI=1S/C11H16N2O2/c1-3-13-10(14)11(2,12)15-9-7-5-4-6-8-9/h4-8H,3,12H2,1-2H3,(H,13,14). The van der Waals surface area contributed by atoms with E-state index < -0.39 is 5.72 Å². The molecule has 1 aromatic rings. The van der Waals surface area contributed by atoms with Crippen molar-refractivity contribution < 1.29 is 9.53 Å². The Kier molecular flexibility index (Phi) is 3.68. The molecule has 0 bridgehead atoms. The lowest BCUT2D eigenvalue weighted by Crippen LogP contribution is -2.55. The van der Waals surface area contributed by atoms with Crippen molar-refractivity contribution >= 4 is 5.91 Å². The van der Waals surface area contributed by atoms with Crippen molar-refractivity contribution in [2.24, 2.45) is 5.73 Å². The van der Waals surface area contributed by atoms with E-state index in [9.17, 15) is 4.79 Å². The lowest BCUT2D eigenvalue weighted by atomic mass is 10.2. The maximum atomic E-state index is 11.5. The fourth-order valence-corrected chi connectivity index (χ4v) is 1.12. The molecule has 0 aromatic heterocycles. The van der Waals surface area contributed by atoms with Crippen LogP contribution in [0.15, 0.2) is 30.3 Å². The Morgan fingerprint density at radius 3 is 2.60 bits per heavy atom. The molecule has 0 radical (unpaired) electrons. The molecule has 1 atom stereocenters. The van der Waals surface area contributed by atoms with Crippen molar-refractivity contribution in [2.45, 2.75) is 19.6 Å². The number of carbonyl (C=O) groups is 1. The van der Waals surface area contributed by atoms with Crippen molar-refractivity contribution in [1.82, 2.24) is 5.32 Å². The summed E-state index contributed by atoms with van der Waals surface area (Å²) in [7, 11) is 0. The Bertz CT molecular complexity index is 323. The van der Waals surface area contributed by atoms with Crippen LogP contribution in [0, 0.1) is 0 Å². The molecule has 3 N–H and O–H groups in total. The molecule has 0 saturated heterocycles. The van der Waals surface area contributed by atoms with Crippen LogP contribution in [0.4, 0.5) is 0 Å². The van der Waals surface area contributed by atoms with Crippen LogP contribution >= 0.6 is 0 Å².